The van der Waals surface area contributed by atoms with Crippen molar-refractivity contribution >= 4 is 21.6 Å². The van der Waals surface area contributed by atoms with Crippen LogP contribution in [0.3, 0.4) is 0 Å². The van der Waals surface area contributed by atoms with Gasteiger partial charge in [0.1, 0.15) is 16.3 Å². The summed E-state index contributed by atoms with van der Waals surface area (Å²) in [6.07, 6.45) is 1.45. The lowest BCUT2D eigenvalue weighted by atomic mass is 10.2. The fourth-order valence-corrected chi connectivity index (χ4v) is 4.78. The fraction of sp³-hybridized carbons (Fsp3) is 0.261. The van der Waals surface area contributed by atoms with E-state index in [1.165, 1.54) is 21.1 Å². The predicted octanol–water partition coefficient (Wildman–Crippen LogP) is 4.11. The van der Waals surface area contributed by atoms with Crippen LogP contribution in [0.1, 0.15) is 24.3 Å². The number of anilines is 1. The molecule has 0 aliphatic rings. The third kappa shape index (κ3) is 4.95. The van der Waals surface area contributed by atoms with Crippen molar-refractivity contribution in [2.45, 2.75) is 18.7 Å². The highest BCUT2D eigenvalue weighted by atomic mass is 32.2. The van der Waals surface area contributed by atoms with Crippen molar-refractivity contribution in [3.8, 4) is 17.2 Å². The van der Waals surface area contributed by atoms with Gasteiger partial charge in [-0.05, 0) is 42.5 Å². The smallest absolute Gasteiger partial charge is 0.272 e. The Bertz CT molecular complexity index is 1180. The van der Waals surface area contributed by atoms with Crippen LogP contribution in [0.5, 0.6) is 17.2 Å². The average Bonchev–Trinajstić information content (AvgIpc) is 3.19. The molecule has 3 rings (SSSR count). The lowest BCUT2D eigenvalue weighted by Gasteiger charge is -2.17. The third-order valence-corrected chi connectivity index (χ3v) is 6.98. The summed E-state index contributed by atoms with van der Waals surface area (Å²) >= 11 is 0. The fourth-order valence-electron chi connectivity index (χ4n) is 3.25. The van der Waals surface area contributed by atoms with Crippen LogP contribution in [0.15, 0.2) is 65.7 Å². The van der Waals surface area contributed by atoms with Gasteiger partial charge >= 0.3 is 0 Å². The van der Waals surface area contributed by atoms with Crippen molar-refractivity contribution in [2.75, 3.05) is 25.5 Å². The van der Waals surface area contributed by atoms with E-state index in [1.807, 2.05) is 12.1 Å². The normalized spacial score (nSPS) is 11.4. The van der Waals surface area contributed by atoms with Gasteiger partial charge in [-0.3, -0.25) is 4.79 Å². The minimum atomic E-state index is -3.64. The molecule has 0 radical (unpaired) electrons. The van der Waals surface area contributed by atoms with Crippen molar-refractivity contribution in [2.24, 2.45) is 7.05 Å². The number of para-hydroxylation sites is 2. The Morgan fingerprint density at radius 2 is 1.66 bits per heavy atom. The molecule has 0 aliphatic carbocycles. The van der Waals surface area contributed by atoms with E-state index < -0.39 is 15.9 Å². The van der Waals surface area contributed by atoms with E-state index in [4.69, 9.17) is 9.47 Å². The minimum Gasteiger partial charge on any atom is -0.493 e. The van der Waals surface area contributed by atoms with Crippen LogP contribution in [0, 0.1) is 0 Å². The first kappa shape index (κ1) is 23.4. The Morgan fingerprint density at radius 1 is 1.03 bits per heavy atom. The van der Waals surface area contributed by atoms with Gasteiger partial charge in [-0.1, -0.05) is 26.0 Å². The summed E-state index contributed by atoms with van der Waals surface area (Å²) in [6, 6.07) is 15.6. The van der Waals surface area contributed by atoms with E-state index in [-0.39, 0.29) is 10.6 Å². The molecule has 0 atom stereocenters. The monoisotopic (exact) mass is 457 g/mol. The SMILES string of the molecule is CCN(CC)S(=O)(=O)c1cc(C(=O)Nc2ccc(Oc3ccccc3OC)cc2)n(C)c1. The molecule has 1 N–H and O–H groups in total. The van der Waals surface area contributed by atoms with Gasteiger partial charge in [0, 0.05) is 32.0 Å². The number of nitrogens with one attached hydrogen (secondary N) is 1. The van der Waals surface area contributed by atoms with Crippen LogP contribution in [0.4, 0.5) is 5.69 Å². The van der Waals surface area contributed by atoms with E-state index in [9.17, 15) is 13.2 Å². The number of ether oxygens (including phenoxy) is 2. The van der Waals surface area contributed by atoms with Gasteiger partial charge in [0.2, 0.25) is 10.0 Å². The molecule has 0 fully saturated rings. The molecule has 0 unspecified atom stereocenters. The van der Waals surface area contributed by atoms with Gasteiger partial charge in [0.05, 0.1) is 7.11 Å². The lowest BCUT2D eigenvalue weighted by molar-refractivity contribution is 0.101. The maximum Gasteiger partial charge on any atom is 0.272 e. The zero-order valence-corrected chi connectivity index (χ0v) is 19.3. The summed E-state index contributed by atoms with van der Waals surface area (Å²) in [5.74, 6) is 1.37. The number of aromatic nitrogens is 1. The molecule has 32 heavy (non-hydrogen) atoms. The molecule has 8 nitrogen and oxygen atoms in total. The summed E-state index contributed by atoms with van der Waals surface area (Å²) in [6.45, 7) is 4.27. The molecule has 0 aliphatic heterocycles. The van der Waals surface area contributed by atoms with Gasteiger partial charge in [0.25, 0.3) is 5.91 Å². The summed E-state index contributed by atoms with van der Waals surface area (Å²) < 4.78 is 39.4. The summed E-state index contributed by atoms with van der Waals surface area (Å²) in [5.41, 5.74) is 0.793. The number of hydrogen-bond acceptors (Lipinski definition) is 5. The molecular weight excluding hydrogens is 430 g/mol. The number of nitrogens with zero attached hydrogens (tertiary/aromatic N) is 2. The van der Waals surface area contributed by atoms with Crippen molar-refractivity contribution in [3.05, 3.63) is 66.5 Å². The van der Waals surface area contributed by atoms with Crippen molar-refractivity contribution in [1.82, 2.24) is 8.87 Å². The van der Waals surface area contributed by atoms with Crippen LogP contribution < -0.4 is 14.8 Å². The highest BCUT2D eigenvalue weighted by Crippen LogP contribution is 2.31. The molecule has 9 heteroatoms. The molecule has 0 bridgehead atoms. The first-order valence-corrected chi connectivity index (χ1v) is 11.6. The first-order valence-electron chi connectivity index (χ1n) is 10.2. The number of amides is 1. The molecule has 170 valence electrons. The van der Waals surface area contributed by atoms with Gasteiger partial charge < -0.3 is 19.4 Å². The number of hydrogen-bond donors (Lipinski definition) is 1. The molecule has 1 aromatic heterocycles. The molecule has 2 aromatic carbocycles. The predicted molar refractivity (Wildman–Crippen MR) is 123 cm³/mol. The van der Waals surface area contributed by atoms with Crippen LogP contribution >= 0.6 is 0 Å². The number of benzene rings is 2. The molecule has 0 spiro atoms. The summed E-state index contributed by atoms with van der Waals surface area (Å²) in [4.78, 5) is 12.8. The number of aryl methyl sites for hydroxylation is 1. The van der Waals surface area contributed by atoms with Crippen molar-refractivity contribution < 1.29 is 22.7 Å². The van der Waals surface area contributed by atoms with Gasteiger partial charge in [-0.25, -0.2) is 8.42 Å². The van der Waals surface area contributed by atoms with Gasteiger partial charge in [-0.15, -0.1) is 0 Å². The summed E-state index contributed by atoms with van der Waals surface area (Å²) in [5, 5.41) is 2.79. The number of carbonyl (C=O) groups is 1. The Kier molecular flexibility index (Phi) is 7.22. The Morgan fingerprint density at radius 3 is 2.25 bits per heavy atom. The number of rotatable bonds is 9. The molecule has 3 aromatic rings. The van der Waals surface area contributed by atoms with Crippen LogP contribution in [-0.4, -0.2) is 43.4 Å². The second-order valence-electron chi connectivity index (χ2n) is 6.99. The third-order valence-electron chi connectivity index (χ3n) is 4.96. The second-order valence-corrected chi connectivity index (χ2v) is 8.93. The second kappa shape index (κ2) is 9.88. The van der Waals surface area contributed by atoms with E-state index in [2.05, 4.69) is 5.32 Å². The molecule has 0 saturated heterocycles. The highest BCUT2D eigenvalue weighted by Gasteiger charge is 2.25. The average molecular weight is 458 g/mol. The Balaban J connectivity index is 1.73. The zero-order chi connectivity index (χ0) is 23.3. The molecule has 1 amide bonds. The van der Waals surface area contributed by atoms with Crippen molar-refractivity contribution in [1.29, 1.82) is 0 Å². The largest absolute Gasteiger partial charge is 0.493 e. The van der Waals surface area contributed by atoms with E-state index in [0.717, 1.165) is 0 Å². The molecular formula is C23H27N3O5S. The maximum absolute atomic E-state index is 12.8. The highest BCUT2D eigenvalue weighted by molar-refractivity contribution is 7.89. The summed E-state index contributed by atoms with van der Waals surface area (Å²) in [7, 11) is -0.433. The topological polar surface area (TPSA) is 89.9 Å². The molecule has 0 saturated carbocycles. The van der Waals surface area contributed by atoms with E-state index in [1.54, 1.807) is 64.4 Å². The van der Waals surface area contributed by atoms with E-state index in [0.29, 0.717) is 36.0 Å². The number of sulfonamides is 1. The van der Waals surface area contributed by atoms with E-state index >= 15 is 0 Å². The van der Waals surface area contributed by atoms with Crippen molar-refractivity contribution in [3.63, 3.8) is 0 Å². The Labute approximate surface area is 188 Å². The van der Waals surface area contributed by atoms with Gasteiger partial charge in [0.15, 0.2) is 11.5 Å². The minimum absolute atomic E-state index is 0.0920. The first-order chi connectivity index (χ1) is 15.3. The van der Waals surface area contributed by atoms with Crippen LogP contribution in [0.2, 0.25) is 0 Å². The van der Waals surface area contributed by atoms with Gasteiger partial charge in [-0.2, -0.15) is 4.31 Å². The quantitative estimate of drug-likeness (QED) is 0.522. The standard InChI is InChI=1S/C23H27N3O5S/c1-5-26(6-2)32(28,29)19-15-20(25(3)16-19)23(27)24-17-11-13-18(14-12-17)31-22-10-8-7-9-21(22)30-4/h7-16H,5-6H2,1-4H3,(H,24,27). The maximum atomic E-state index is 12.8. The Hall–Kier alpha value is -3.30. The van der Waals surface area contributed by atoms with Crippen LogP contribution in [-0.2, 0) is 17.1 Å². The molecule has 1 heterocycles. The number of carbonyl (C=O) groups excluding carboxylic acids is 1. The lowest BCUT2D eigenvalue weighted by Crippen LogP contribution is -2.30. The van der Waals surface area contributed by atoms with Crippen LogP contribution in [0.25, 0.3) is 0 Å². The number of methoxy groups -OCH3 is 1. The zero-order valence-electron chi connectivity index (χ0n) is 18.5.